The van der Waals surface area contributed by atoms with Crippen molar-refractivity contribution in [2.75, 3.05) is 19.9 Å². The summed E-state index contributed by atoms with van der Waals surface area (Å²) in [4.78, 5) is 2.25. The van der Waals surface area contributed by atoms with Crippen molar-refractivity contribution in [3.05, 3.63) is 47.5 Å². The smallest absolute Gasteiger partial charge is 0.231 e. The topological polar surface area (TPSA) is 80.9 Å². The highest BCUT2D eigenvalue weighted by Gasteiger charge is 2.30. The zero-order valence-electron chi connectivity index (χ0n) is 14.2. The van der Waals surface area contributed by atoms with Crippen LogP contribution in [-0.2, 0) is 6.54 Å². The molecule has 26 heavy (non-hydrogen) atoms. The van der Waals surface area contributed by atoms with E-state index in [2.05, 4.69) is 15.2 Å². The maximum Gasteiger partial charge on any atom is 0.231 e. The minimum Gasteiger partial charge on any atom is -0.454 e. The molecule has 2 aromatic carbocycles. The van der Waals surface area contributed by atoms with Crippen molar-refractivity contribution in [2.24, 2.45) is 0 Å². The molecular weight excluding hydrogens is 334 g/mol. The van der Waals surface area contributed by atoms with Crippen molar-refractivity contribution < 1.29 is 19.2 Å². The lowest BCUT2D eigenvalue weighted by molar-refractivity contribution is 0.0478. The Morgan fingerprint density at radius 3 is 2.96 bits per heavy atom. The van der Waals surface area contributed by atoms with Crippen LogP contribution in [0.2, 0.25) is 0 Å². The average molecular weight is 353 g/mol. The first-order valence-corrected chi connectivity index (χ1v) is 8.78. The molecule has 2 aliphatic rings. The van der Waals surface area contributed by atoms with Crippen LogP contribution in [-0.4, -0.2) is 46.3 Å². The second-order valence-corrected chi connectivity index (χ2v) is 6.86. The van der Waals surface area contributed by atoms with E-state index in [1.165, 1.54) is 0 Å². The molecule has 5 rings (SSSR count). The summed E-state index contributed by atoms with van der Waals surface area (Å²) < 4.78 is 15.7. The zero-order chi connectivity index (χ0) is 17.5. The molecule has 7 heteroatoms. The van der Waals surface area contributed by atoms with Crippen LogP contribution >= 0.6 is 0 Å². The van der Waals surface area contributed by atoms with E-state index in [9.17, 15) is 5.11 Å². The molecule has 3 heterocycles. The van der Waals surface area contributed by atoms with Gasteiger partial charge in [-0.05, 0) is 52.6 Å². The molecule has 1 fully saturated rings. The number of ether oxygens (including phenoxy) is 2. The van der Waals surface area contributed by atoms with Crippen LogP contribution < -0.4 is 9.47 Å². The van der Waals surface area contributed by atoms with E-state index >= 15 is 0 Å². The van der Waals surface area contributed by atoms with E-state index in [0.717, 1.165) is 53.2 Å². The molecule has 0 aliphatic carbocycles. The van der Waals surface area contributed by atoms with Crippen LogP contribution in [0.5, 0.6) is 11.5 Å². The van der Waals surface area contributed by atoms with Crippen molar-refractivity contribution in [2.45, 2.75) is 25.0 Å². The summed E-state index contributed by atoms with van der Waals surface area (Å²) in [6.07, 6.45) is 0.451. The van der Waals surface area contributed by atoms with Gasteiger partial charge in [-0.3, -0.25) is 4.90 Å². The van der Waals surface area contributed by atoms with Gasteiger partial charge in [0.05, 0.1) is 6.10 Å². The van der Waals surface area contributed by atoms with E-state index in [4.69, 9.17) is 14.1 Å². The second kappa shape index (κ2) is 6.26. The molecule has 3 aromatic rings. The third-order valence-corrected chi connectivity index (χ3v) is 5.25. The van der Waals surface area contributed by atoms with Gasteiger partial charge in [0, 0.05) is 19.0 Å². The highest BCUT2D eigenvalue weighted by molar-refractivity contribution is 5.76. The van der Waals surface area contributed by atoms with Crippen LogP contribution in [0.4, 0.5) is 0 Å². The zero-order valence-corrected chi connectivity index (χ0v) is 14.2. The number of β-amino-alcohol motifs (C(OH)–C–C–N with tert-alkyl or cyclic N) is 1. The van der Waals surface area contributed by atoms with Gasteiger partial charge >= 0.3 is 0 Å². The Kier molecular flexibility index (Phi) is 3.76. The number of benzene rings is 2. The second-order valence-electron chi connectivity index (χ2n) is 6.86. The minimum atomic E-state index is -0.432. The summed E-state index contributed by atoms with van der Waals surface area (Å²) in [5.41, 5.74) is 3.72. The van der Waals surface area contributed by atoms with Gasteiger partial charge in [0.2, 0.25) is 6.79 Å². The quantitative estimate of drug-likeness (QED) is 0.774. The Morgan fingerprint density at radius 1 is 1.12 bits per heavy atom. The third-order valence-electron chi connectivity index (χ3n) is 5.25. The van der Waals surface area contributed by atoms with E-state index < -0.39 is 6.10 Å². The lowest BCUT2D eigenvalue weighted by Gasteiger charge is -2.36. The highest BCUT2D eigenvalue weighted by Crippen LogP contribution is 2.37. The van der Waals surface area contributed by atoms with Gasteiger partial charge in [-0.1, -0.05) is 18.2 Å². The van der Waals surface area contributed by atoms with E-state index in [1.54, 1.807) is 0 Å². The number of aliphatic hydroxyl groups is 1. The number of hydrogen-bond acceptors (Lipinski definition) is 7. The predicted octanol–water partition coefficient (Wildman–Crippen LogP) is 2.30. The van der Waals surface area contributed by atoms with Crippen molar-refractivity contribution in [3.8, 4) is 11.5 Å². The molecule has 1 N–H and O–H groups in total. The van der Waals surface area contributed by atoms with Crippen LogP contribution in [0, 0.1) is 0 Å². The van der Waals surface area contributed by atoms with Crippen molar-refractivity contribution >= 4 is 11.0 Å². The van der Waals surface area contributed by atoms with Gasteiger partial charge in [0.25, 0.3) is 0 Å². The van der Waals surface area contributed by atoms with Crippen LogP contribution in [0.3, 0.4) is 0 Å². The van der Waals surface area contributed by atoms with Gasteiger partial charge < -0.3 is 14.6 Å². The summed E-state index contributed by atoms with van der Waals surface area (Å²) in [6, 6.07) is 11.8. The molecule has 0 saturated carbocycles. The number of hydrogen-bond donors (Lipinski definition) is 1. The van der Waals surface area contributed by atoms with Crippen molar-refractivity contribution in [3.63, 3.8) is 0 Å². The fraction of sp³-hybridized carbons (Fsp3) is 0.368. The van der Waals surface area contributed by atoms with Crippen molar-refractivity contribution in [1.29, 1.82) is 0 Å². The van der Waals surface area contributed by atoms with Gasteiger partial charge in [-0.25, -0.2) is 4.63 Å². The molecule has 0 bridgehead atoms. The van der Waals surface area contributed by atoms with E-state index in [-0.39, 0.29) is 12.7 Å². The number of fused-ring (bicyclic) bond motifs is 2. The molecule has 7 nitrogen and oxygen atoms in total. The predicted molar refractivity (Wildman–Crippen MR) is 93.0 cm³/mol. The maximum atomic E-state index is 10.7. The molecular formula is C19H19N3O4. The number of aliphatic hydroxyl groups excluding tert-OH is 1. The first-order chi connectivity index (χ1) is 12.8. The molecule has 0 unspecified atom stereocenters. The summed E-state index contributed by atoms with van der Waals surface area (Å²) in [5.74, 6) is 1.64. The Labute approximate surface area is 150 Å². The molecule has 0 amide bonds. The highest BCUT2D eigenvalue weighted by atomic mass is 16.7. The first kappa shape index (κ1) is 15.6. The maximum absolute atomic E-state index is 10.7. The molecule has 0 spiro atoms. The SMILES string of the molecule is O[C@@H]1CN(Cc2cccc3nonc23)CC[C@H]1c1ccc2c(c1)OCO2. The average Bonchev–Trinajstić information content (AvgIpc) is 3.31. The van der Waals surface area contributed by atoms with Gasteiger partial charge in [-0.2, -0.15) is 0 Å². The summed E-state index contributed by atoms with van der Waals surface area (Å²) >= 11 is 0. The Bertz CT molecular complexity index is 941. The molecule has 2 atom stereocenters. The Hall–Kier alpha value is -2.64. The van der Waals surface area contributed by atoms with Gasteiger partial charge in [0.1, 0.15) is 11.0 Å². The fourth-order valence-corrected chi connectivity index (χ4v) is 3.90. The standard InChI is InChI=1S/C19H19N3O4/c23-16-10-22(9-13-2-1-3-15-19(13)21-26-20-15)7-6-14(16)12-4-5-17-18(8-12)25-11-24-17/h1-5,8,14,16,23H,6-7,9-11H2/t14-,16+/m0/s1. The number of piperidine rings is 1. The Balaban J connectivity index is 1.30. The number of rotatable bonds is 3. The van der Waals surface area contributed by atoms with E-state index in [1.807, 2.05) is 36.4 Å². The van der Waals surface area contributed by atoms with Gasteiger partial charge in [-0.15, -0.1) is 0 Å². The lowest BCUT2D eigenvalue weighted by Crippen LogP contribution is -2.42. The Morgan fingerprint density at radius 2 is 2.04 bits per heavy atom. The normalized spacial score (nSPS) is 22.8. The third kappa shape index (κ3) is 2.69. The molecule has 2 aliphatic heterocycles. The lowest BCUT2D eigenvalue weighted by atomic mass is 9.86. The summed E-state index contributed by atoms with van der Waals surface area (Å²) in [7, 11) is 0. The first-order valence-electron chi connectivity index (χ1n) is 8.78. The largest absolute Gasteiger partial charge is 0.454 e. The van der Waals surface area contributed by atoms with E-state index in [0.29, 0.717) is 6.54 Å². The monoisotopic (exact) mass is 353 g/mol. The molecule has 1 aromatic heterocycles. The number of likely N-dealkylation sites (tertiary alicyclic amines) is 1. The molecule has 0 radical (unpaired) electrons. The van der Waals surface area contributed by atoms with Gasteiger partial charge in [0.15, 0.2) is 11.5 Å². The van der Waals surface area contributed by atoms with Crippen molar-refractivity contribution in [1.82, 2.24) is 15.2 Å². The van der Waals surface area contributed by atoms with Crippen LogP contribution in [0.15, 0.2) is 41.0 Å². The number of nitrogens with zero attached hydrogens (tertiary/aromatic N) is 3. The minimum absolute atomic E-state index is 0.102. The van der Waals surface area contributed by atoms with Crippen LogP contribution in [0.25, 0.3) is 11.0 Å². The summed E-state index contributed by atoms with van der Waals surface area (Å²) in [5, 5.41) is 18.6. The summed E-state index contributed by atoms with van der Waals surface area (Å²) in [6.45, 7) is 2.50. The van der Waals surface area contributed by atoms with Crippen LogP contribution in [0.1, 0.15) is 23.5 Å². The molecule has 134 valence electrons. The number of aromatic nitrogens is 2. The molecule has 1 saturated heterocycles. The fourth-order valence-electron chi connectivity index (χ4n) is 3.90.